The van der Waals surface area contributed by atoms with Crippen molar-refractivity contribution in [2.75, 3.05) is 12.8 Å². The van der Waals surface area contributed by atoms with Gasteiger partial charge in [0.05, 0.1) is 10.9 Å². The number of benzene rings is 1. The van der Waals surface area contributed by atoms with E-state index in [1.165, 1.54) is 6.26 Å². The molecule has 0 spiro atoms. The first-order chi connectivity index (χ1) is 9.84. The minimum absolute atomic E-state index is 0.176. The predicted molar refractivity (Wildman–Crippen MR) is 84.0 cm³/mol. The quantitative estimate of drug-likeness (QED) is 0.760. The van der Waals surface area contributed by atoms with E-state index in [9.17, 15) is 13.2 Å². The lowest BCUT2D eigenvalue weighted by atomic mass is 10.1. The van der Waals surface area contributed by atoms with Gasteiger partial charge in [0, 0.05) is 12.8 Å². The zero-order valence-corrected chi connectivity index (χ0v) is 13.7. The van der Waals surface area contributed by atoms with E-state index in [0.717, 1.165) is 24.8 Å². The molecule has 2 amide bonds. The minimum atomic E-state index is -3.19. The highest BCUT2D eigenvalue weighted by atomic mass is 32.2. The van der Waals surface area contributed by atoms with Gasteiger partial charge < -0.3 is 10.6 Å². The third-order valence-electron chi connectivity index (χ3n) is 3.22. The molecule has 5 nitrogen and oxygen atoms in total. The van der Waals surface area contributed by atoms with Crippen LogP contribution in [0.4, 0.5) is 4.79 Å². The molecule has 1 rings (SSSR count). The van der Waals surface area contributed by atoms with Crippen LogP contribution in [0.15, 0.2) is 29.2 Å². The third kappa shape index (κ3) is 6.16. The van der Waals surface area contributed by atoms with E-state index in [1.807, 2.05) is 6.92 Å². The van der Waals surface area contributed by atoms with Crippen LogP contribution < -0.4 is 10.6 Å². The average Bonchev–Trinajstić information content (AvgIpc) is 2.43. The lowest BCUT2D eigenvalue weighted by Crippen LogP contribution is -2.37. The molecule has 1 atom stereocenters. The van der Waals surface area contributed by atoms with Crippen LogP contribution in [0.5, 0.6) is 0 Å². The summed E-state index contributed by atoms with van der Waals surface area (Å²) >= 11 is 0. The van der Waals surface area contributed by atoms with Gasteiger partial charge in [0.2, 0.25) is 0 Å². The molecule has 0 heterocycles. The van der Waals surface area contributed by atoms with E-state index in [4.69, 9.17) is 0 Å². The van der Waals surface area contributed by atoms with Crippen molar-refractivity contribution in [3.8, 4) is 0 Å². The van der Waals surface area contributed by atoms with Crippen molar-refractivity contribution < 1.29 is 13.2 Å². The molecule has 1 aromatic rings. The number of carbonyl (C=O) groups is 1. The highest BCUT2D eigenvalue weighted by molar-refractivity contribution is 7.90. The molecule has 0 aromatic heterocycles. The lowest BCUT2D eigenvalue weighted by molar-refractivity contribution is 0.237. The fourth-order valence-electron chi connectivity index (χ4n) is 1.91. The average molecular weight is 312 g/mol. The van der Waals surface area contributed by atoms with E-state index in [1.54, 1.807) is 24.3 Å². The molecule has 21 heavy (non-hydrogen) atoms. The van der Waals surface area contributed by atoms with Gasteiger partial charge in [-0.15, -0.1) is 0 Å². The van der Waals surface area contributed by atoms with Gasteiger partial charge in [-0.1, -0.05) is 31.9 Å². The maximum atomic E-state index is 11.7. The molecule has 2 N–H and O–H groups in total. The summed E-state index contributed by atoms with van der Waals surface area (Å²) in [6, 6.07) is 6.18. The molecule has 0 aliphatic carbocycles. The van der Waals surface area contributed by atoms with Crippen molar-refractivity contribution >= 4 is 15.9 Å². The zero-order chi connectivity index (χ0) is 15.9. The Morgan fingerprint density at radius 3 is 2.33 bits per heavy atom. The largest absolute Gasteiger partial charge is 0.338 e. The molecule has 0 saturated carbocycles. The number of amides is 2. The molecule has 0 bridgehead atoms. The monoisotopic (exact) mass is 312 g/mol. The molecular weight excluding hydrogens is 288 g/mol. The van der Waals surface area contributed by atoms with Crippen LogP contribution >= 0.6 is 0 Å². The predicted octanol–water partition coefficient (Wildman–Crippen LogP) is 2.64. The Kier molecular flexibility index (Phi) is 6.68. The van der Waals surface area contributed by atoms with Crippen LogP contribution in [0.2, 0.25) is 0 Å². The normalized spacial score (nSPS) is 12.7. The first-order valence-electron chi connectivity index (χ1n) is 7.19. The Bertz CT molecular complexity index is 553. The summed E-state index contributed by atoms with van der Waals surface area (Å²) in [6.45, 7) is 4.64. The number of hydrogen-bond acceptors (Lipinski definition) is 3. The molecule has 0 aliphatic rings. The van der Waals surface area contributed by atoms with Gasteiger partial charge in [0.15, 0.2) is 9.84 Å². The second-order valence-electron chi connectivity index (χ2n) is 5.17. The number of unbranched alkanes of at least 4 members (excludes halogenated alkanes) is 2. The van der Waals surface area contributed by atoms with Gasteiger partial charge in [-0.3, -0.25) is 0 Å². The van der Waals surface area contributed by atoms with E-state index in [2.05, 4.69) is 17.6 Å². The van der Waals surface area contributed by atoms with Gasteiger partial charge in [-0.2, -0.15) is 0 Å². The van der Waals surface area contributed by atoms with Gasteiger partial charge in [-0.25, -0.2) is 13.2 Å². The highest BCUT2D eigenvalue weighted by Gasteiger charge is 2.11. The fourth-order valence-corrected chi connectivity index (χ4v) is 2.54. The van der Waals surface area contributed by atoms with E-state index >= 15 is 0 Å². The maximum Gasteiger partial charge on any atom is 0.315 e. The topological polar surface area (TPSA) is 75.3 Å². The van der Waals surface area contributed by atoms with Gasteiger partial charge in [0.1, 0.15) is 0 Å². The maximum absolute atomic E-state index is 11.7. The van der Waals surface area contributed by atoms with E-state index in [0.29, 0.717) is 6.54 Å². The van der Waals surface area contributed by atoms with Crippen molar-refractivity contribution in [1.29, 1.82) is 0 Å². The van der Waals surface area contributed by atoms with Crippen molar-refractivity contribution in [2.45, 2.75) is 44.0 Å². The number of nitrogens with one attached hydrogen (secondary N) is 2. The molecular formula is C15H24N2O3S. The molecule has 0 radical (unpaired) electrons. The molecule has 1 aromatic carbocycles. The molecule has 1 unspecified atom stereocenters. The second kappa shape index (κ2) is 8.02. The smallest absolute Gasteiger partial charge is 0.315 e. The molecule has 0 aliphatic heterocycles. The number of sulfone groups is 1. The van der Waals surface area contributed by atoms with Crippen LogP contribution in [0, 0.1) is 0 Å². The van der Waals surface area contributed by atoms with Crippen LogP contribution in [0.25, 0.3) is 0 Å². The SMILES string of the molecule is CCCCCNC(=O)NC(C)c1ccc(S(C)(=O)=O)cc1. The van der Waals surface area contributed by atoms with Gasteiger partial charge in [0.25, 0.3) is 0 Å². The summed E-state index contributed by atoms with van der Waals surface area (Å²) in [4.78, 5) is 12.0. The molecule has 118 valence electrons. The Hall–Kier alpha value is -1.56. The molecule has 0 saturated heterocycles. The Morgan fingerprint density at radius 1 is 1.19 bits per heavy atom. The summed E-state index contributed by atoms with van der Waals surface area (Å²) in [7, 11) is -3.19. The standard InChI is InChI=1S/C15H24N2O3S/c1-4-5-6-11-16-15(18)17-12(2)13-7-9-14(10-8-13)21(3,19)20/h7-10,12H,4-6,11H2,1-3H3,(H2,16,17,18). The highest BCUT2D eigenvalue weighted by Crippen LogP contribution is 2.16. The third-order valence-corrected chi connectivity index (χ3v) is 4.35. The Labute approximate surface area is 127 Å². The summed E-state index contributed by atoms with van der Waals surface area (Å²) in [5.74, 6) is 0. The molecule has 0 fully saturated rings. The van der Waals surface area contributed by atoms with Crippen LogP contribution in [0.1, 0.15) is 44.7 Å². The Balaban J connectivity index is 2.52. The lowest BCUT2D eigenvalue weighted by Gasteiger charge is -2.15. The summed E-state index contributed by atoms with van der Waals surface area (Å²) in [5, 5.41) is 5.64. The van der Waals surface area contributed by atoms with Gasteiger partial charge >= 0.3 is 6.03 Å². The van der Waals surface area contributed by atoms with Crippen LogP contribution in [-0.2, 0) is 9.84 Å². The second-order valence-corrected chi connectivity index (χ2v) is 7.19. The van der Waals surface area contributed by atoms with Gasteiger partial charge in [-0.05, 0) is 31.0 Å². The number of hydrogen-bond donors (Lipinski definition) is 2. The van der Waals surface area contributed by atoms with Crippen LogP contribution in [-0.4, -0.2) is 27.2 Å². The van der Waals surface area contributed by atoms with Crippen LogP contribution in [0.3, 0.4) is 0 Å². The fraction of sp³-hybridized carbons (Fsp3) is 0.533. The van der Waals surface area contributed by atoms with Crippen molar-refractivity contribution in [1.82, 2.24) is 10.6 Å². The summed E-state index contributed by atoms with van der Waals surface area (Å²) in [5.41, 5.74) is 0.867. The Morgan fingerprint density at radius 2 is 1.81 bits per heavy atom. The number of carbonyl (C=O) groups excluding carboxylic acids is 1. The van der Waals surface area contributed by atoms with Crippen molar-refractivity contribution in [2.24, 2.45) is 0 Å². The molecule has 6 heteroatoms. The van der Waals surface area contributed by atoms with Crippen molar-refractivity contribution in [3.63, 3.8) is 0 Å². The minimum Gasteiger partial charge on any atom is -0.338 e. The number of rotatable bonds is 7. The van der Waals surface area contributed by atoms with Crippen molar-refractivity contribution in [3.05, 3.63) is 29.8 Å². The summed E-state index contributed by atoms with van der Waals surface area (Å²) in [6.07, 6.45) is 4.37. The van der Waals surface area contributed by atoms with E-state index in [-0.39, 0.29) is 17.0 Å². The first kappa shape index (κ1) is 17.5. The summed E-state index contributed by atoms with van der Waals surface area (Å²) < 4.78 is 22.8. The zero-order valence-electron chi connectivity index (χ0n) is 12.8. The van der Waals surface area contributed by atoms with E-state index < -0.39 is 9.84 Å². The number of urea groups is 1. The first-order valence-corrected chi connectivity index (χ1v) is 9.08.